The smallest absolute Gasteiger partial charge is 0.225 e. The van der Waals surface area contributed by atoms with Crippen LogP contribution in [0.3, 0.4) is 0 Å². The number of amides is 3. The Hall–Kier alpha value is -1.80. The molecule has 278 valence electrons. The Labute approximate surface area is 289 Å². The number of hydrogen-bond donors (Lipinski definition) is 5. The first-order valence-corrected chi connectivity index (χ1v) is 20.5. The molecule has 0 spiro atoms. The molecule has 3 rings (SSSR count). The quantitative estimate of drug-likeness (QED) is 0.128. The highest BCUT2D eigenvalue weighted by molar-refractivity contribution is 7.89. The van der Waals surface area contributed by atoms with Gasteiger partial charge in [-0.2, -0.15) is 0 Å². The van der Waals surface area contributed by atoms with E-state index < -0.39 is 45.8 Å². The van der Waals surface area contributed by atoms with E-state index in [9.17, 15) is 33.0 Å². The maximum Gasteiger partial charge on any atom is 0.225 e. The molecular weight excluding hydrogens is 634 g/mol. The van der Waals surface area contributed by atoms with Gasteiger partial charge in [0.25, 0.3) is 0 Å². The molecule has 3 aliphatic carbocycles. The lowest BCUT2D eigenvalue weighted by molar-refractivity contribution is -0.141. The summed E-state index contributed by atoms with van der Waals surface area (Å²) in [6.45, 7) is 7.60. The molecule has 0 aliphatic heterocycles. The molecule has 3 saturated carbocycles. The van der Waals surface area contributed by atoms with Gasteiger partial charge in [-0.05, 0) is 95.3 Å². The van der Waals surface area contributed by atoms with Gasteiger partial charge in [-0.1, -0.05) is 40.0 Å². The zero-order chi connectivity index (χ0) is 35.3. The van der Waals surface area contributed by atoms with E-state index in [1.54, 1.807) is 5.01 Å². The minimum absolute atomic E-state index is 0.00326. The van der Waals surface area contributed by atoms with Gasteiger partial charge in [0, 0.05) is 43.9 Å². The van der Waals surface area contributed by atoms with Gasteiger partial charge in [-0.25, -0.2) is 13.4 Å². The van der Waals surface area contributed by atoms with Crippen LogP contribution in [0.2, 0.25) is 0 Å². The van der Waals surface area contributed by atoms with Crippen molar-refractivity contribution in [2.24, 2.45) is 35.3 Å². The molecule has 0 aromatic heterocycles. The van der Waals surface area contributed by atoms with Gasteiger partial charge in [0.15, 0.2) is 0 Å². The summed E-state index contributed by atoms with van der Waals surface area (Å²) in [5, 5.41) is 26.4. The number of sulfonamides is 1. The fourth-order valence-corrected chi connectivity index (χ4v) is 9.73. The second kappa shape index (κ2) is 20.1. The van der Waals surface area contributed by atoms with E-state index in [2.05, 4.69) is 10.1 Å². The lowest BCUT2D eigenvalue weighted by Gasteiger charge is -2.37. The number of aliphatic hydroxyl groups is 2. The van der Waals surface area contributed by atoms with Gasteiger partial charge in [0.05, 0.1) is 24.0 Å². The number of rotatable bonds is 19. The number of primary amides is 1. The number of nitrogens with one attached hydrogen (secondary N) is 2. The van der Waals surface area contributed by atoms with Gasteiger partial charge >= 0.3 is 0 Å². The van der Waals surface area contributed by atoms with Gasteiger partial charge in [0.1, 0.15) is 0 Å². The minimum Gasteiger partial charge on any atom is -0.393 e. The van der Waals surface area contributed by atoms with Crippen LogP contribution < -0.4 is 15.9 Å². The van der Waals surface area contributed by atoms with Crippen molar-refractivity contribution < 1.29 is 33.0 Å². The number of carbonyl (C=O) groups is 3. The van der Waals surface area contributed by atoms with Crippen molar-refractivity contribution >= 4 is 27.7 Å². The van der Waals surface area contributed by atoms with Crippen molar-refractivity contribution in [1.29, 1.82) is 0 Å². The topological polar surface area (TPSA) is 182 Å². The van der Waals surface area contributed by atoms with Gasteiger partial charge in [-0.3, -0.25) is 14.4 Å². The van der Waals surface area contributed by atoms with E-state index in [4.69, 9.17) is 5.73 Å². The highest BCUT2D eigenvalue weighted by atomic mass is 32.2. The first-order valence-electron chi connectivity index (χ1n) is 18.8. The summed E-state index contributed by atoms with van der Waals surface area (Å²) in [7, 11) is -3.62. The van der Waals surface area contributed by atoms with Gasteiger partial charge in [0.2, 0.25) is 27.7 Å². The molecule has 3 fully saturated rings. The zero-order valence-corrected chi connectivity index (χ0v) is 30.6. The molecule has 3 amide bonds. The number of nitrogens with zero attached hydrogens (tertiary/aromatic N) is 2. The van der Waals surface area contributed by atoms with Crippen molar-refractivity contribution in [3.05, 3.63) is 0 Å². The van der Waals surface area contributed by atoms with Crippen molar-refractivity contribution in [3.8, 4) is 0 Å². The van der Waals surface area contributed by atoms with Crippen molar-refractivity contribution in [3.63, 3.8) is 0 Å². The third-order valence-electron chi connectivity index (χ3n) is 10.7. The molecule has 0 radical (unpaired) electrons. The van der Waals surface area contributed by atoms with Crippen LogP contribution in [0.15, 0.2) is 0 Å². The van der Waals surface area contributed by atoms with Crippen LogP contribution >= 0.6 is 0 Å². The number of hydrogen-bond acceptors (Lipinski definition) is 8. The van der Waals surface area contributed by atoms with Gasteiger partial charge in [-0.15, -0.1) is 4.83 Å². The van der Waals surface area contributed by atoms with E-state index in [-0.39, 0.29) is 48.5 Å². The standard InChI is InChI=1S/C35H65N5O7S/c1-4-16-39(17-5-2)35(45)29-21-27(33(36)43)20-28(22-29)34(44)37-31(19-25-12-14-30(41)15-13-25)32(42)23-40(18-6-3)38-48(46,47)24-26-10-8-7-9-11-26/h25-32,38,41-42H,4-24H2,1-3H3,(H2,36,43)(H,37,44). The van der Waals surface area contributed by atoms with Crippen LogP contribution in [-0.4, -0.2) is 96.4 Å². The predicted molar refractivity (Wildman–Crippen MR) is 187 cm³/mol. The summed E-state index contributed by atoms with van der Waals surface area (Å²) in [6, 6.07) is -0.681. The first-order chi connectivity index (χ1) is 22.8. The highest BCUT2D eigenvalue weighted by Crippen LogP contribution is 2.36. The summed E-state index contributed by atoms with van der Waals surface area (Å²) >= 11 is 0. The van der Waals surface area contributed by atoms with Crippen molar-refractivity contribution in [2.45, 2.75) is 142 Å². The first kappa shape index (κ1) is 40.6. The third-order valence-corrected chi connectivity index (χ3v) is 12.1. The Balaban J connectivity index is 1.76. The Bertz CT molecular complexity index is 1100. The molecule has 5 unspecified atom stereocenters. The fourth-order valence-electron chi connectivity index (χ4n) is 8.14. The van der Waals surface area contributed by atoms with E-state index in [0.29, 0.717) is 58.2 Å². The summed E-state index contributed by atoms with van der Waals surface area (Å²) in [5.41, 5.74) is 5.74. The average molecular weight is 700 g/mol. The molecule has 0 heterocycles. The van der Waals surface area contributed by atoms with Crippen molar-refractivity contribution in [2.75, 3.05) is 31.9 Å². The number of carbonyl (C=O) groups excluding carboxylic acids is 3. The molecule has 0 aromatic carbocycles. The van der Waals surface area contributed by atoms with Crippen LogP contribution in [-0.2, 0) is 24.4 Å². The summed E-state index contributed by atoms with van der Waals surface area (Å²) < 4.78 is 26.3. The van der Waals surface area contributed by atoms with Crippen LogP contribution in [0.25, 0.3) is 0 Å². The summed E-state index contributed by atoms with van der Waals surface area (Å²) in [4.78, 5) is 44.5. The molecular formula is C35H65N5O7S. The van der Waals surface area contributed by atoms with Crippen LogP contribution in [0.4, 0.5) is 0 Å². The molecule has 48 heavy (non-hydrogen) atoms. The third kappa shape index (κ3) is 13.2. The Kier molecular flexibility index (Phi) is 17.1. The average Bonchev–Trinajstić information content (AvgIpc) is 3.04. The maximum absolute atomic E-state index is 14.0. The highest BCUT2D eigenvalue weighted by Gasteiger charge is 2.41. The van der Waals surface area contributed by atoms with E-state index in [0.717, 1.165) is 57.8 Å². The lowest BCUT2D eigenvalue weighted by atomic mass is 9.73. The van der Waals surface area contributed by atoms with Gasteiger partial charge < -0.3 is 26.2 Å². The largest absolute Gasteiger partial charge is 0.393 e. The van der Waals surface area contributed by atoms with E-state index >= 15 is 0 Å². The SMILES string of the molecule is CCCN(CC(O)C(CC1CCC(O)CC1)NC(=O)C1CC(C(N)=O)CC(C(=O)N(CCC)CCC)C1)NS(=O)(=O)CC1CCCCC1. The molecule has 13 heteroatoms. The number of nitrogens with two attached hydrogens (primary N) is 1. The molecule has 0 aromatic rings. The second-order valence-corrected chi connectivity index (χ2v) is 16.7. The Morgan fingerprint density at radius 2 is 1.40 bits per heavy atom. The zero-order valence-electron chi connectivity index (χ0n) is 29.8. The molecule has 6 N–H and O–H groups in total. The predicted octanol–water partition coefficient (Wildman–Crippen LogP) is 3.07. The molecule has 12 nitrogen and oxygen atoms in total. The molecule has 5 atom stereocenters. The minimum atomic E-state index is -3.62. The maximum atomic E-state index is 14.0. The van der Waals surface area contributed by atoms with Crippen LogP contribution in [0, 0.1) is 29.6 Å². The number of hydrazine groups is 1. The molecule has 0 saturated heterocycles. The van der Waals surface area contributed by atoms with E-state index in [1.165, 1.54) is 0 Å². The second-order valence-electron chi connectivity index (χ2n) is 14.9. The Morgan fingerprint density at radius 3 is 1.98 bits per heavy atom. The number of aliphatic hydroxyl groups excluding tert-OH is 2. The normalized spacial score (nSPS) is 26.9. The fraction of sp³-hybridized carbons (Fsp3) is 0.914. The van der Waals surface area contributed by atoms with Crippen LogP contribution in [0.1, 0.15) is 124 Å². The summed E-state index contributed by atoms with van der Waals surface area (Å²) in [5.74, 6) is -2.25. The molecule has 3 aliphatic rings. The van der Waals surface area contributed by atoms with Crippen LogP contribution in [0.5, 0.6) is 0 Å². The summed E-state index contributed by atoms with van der Waals surface area (Å²) in [6.07, 6.45) is 10.1. The van der Waals surface area contributed by atoms with Crippen molar-refractivity contribution in [1.82, 2.24) is 20.1 Å². The van der Waals surface area contributed by atoms with E-state index in [1.807, 2.05) is 25.7 Å². The monoisotopic (exact) mass is 699 g/mol. The molecule has 0 bridgehead atoms. The Morgan fingerprint density at radius 1 is 0.812 bits per heavy atom. The lowest BCUT2D eigenvalue weighted by Crippen LogP contribution is -2.55.